The first-order valence-electron chi connectivity index (χ1n) is 10.8. The number of hydrogen-bond acceptors (Lipinski definition) is 3. The number of rotatable bonds is 6. The summed E-state index contributed by atoms with van der Waals surface area (Å²) in [6, 6.07) is 31.2. The van der Waals surface area contributed by atoms with E-state index in [0.717, 1.165) is 42.7 Å². The minimum Gasteiger partial charge on any atom is -0.381 e. The molecular formula is C26H29N3OS. The quantitative estimate of drug-likeness (QED) is 0.261. The maximum atomic E-state index is 6.48. The monoisotopic (exact) mass is 431 g/mol. The van der Waals surface area contributed by atoms with Crippen LogP contribution in [0.5, 0.6) is 0 Å². The minimum absolute atomic E-state index is 0.484. The lowest BCUT2D eigenvalue weighted by Crippen LogP contribution is -2.55. The summed E-state index contributed by atoms with van der Waals surface area (Å²) in [4.78, 5) is 0. The molecule has 160 valence electrons. The molecule has 0 bridgehead atoms. The summed E-state index contributed by atoms with van der Waals surface area (Å²) in [6.07, 6.45) is 2.02. The smallest absolute Gasteiger partial charge is 0.184 e. The lowest BCUT2D eigenvalue weighted by Gasteiger charge is -2.40. The van der Waals surface area contributed by atoms with Crippen LogP contribution in [0.1, 0.15) is 29.5 Å². The molecule has 3 aromatic carbocycles. The Bertz CT molecular complexity index is 863. The van der Waals surface area contributed by atoms with Gasteiger partial charge in [0.2, 0.25) is 0 Å². The van der Waals surface area contributed by atoms with Crippen molar-refractivity contribution >= 4 is 17.3 Å². The van der Waals surface area contributed by atoms with Gasteiger partial charge >= 0.3 is 0 Å². The summed E-state index contributed by atoms with van der Waals surface area (Å²) in [5.41, 5.74) is 2.66. The Morgan fingerprint density at radius 1 is 0.839 bits per heavy atom. The highest BCUT2D eigenvalue weighted by atomic mass is 32.1. The molecule has 0 aliphatic carbocycles. The molecule has 0 spiro atoms. The second-order valence-corrected chi connectivity index (χ2v) is 8.37. The summed E-state index contributed by atoms with van der Waals surface area (Å²) < 4.78 is 5.49. The maximum Gasteiger partial charge on any atom is 0.184 e. The molecule has 0 amide bonds. The van der Waals surface area contributed by atoms with Crippen LogP contribution < -0.4 is 11.2 Å². The van der Waals surface area contributed by atoms with Crippen LogP contribution in [-0.2, 0) is 10.3 Å². The third kappa shape index (κ3) is 4.79. The van der Waals surface area contributed by atoms with Crippen molar-refractivity contribution in [2.45, 2.75) is 18.4 Å². The highest BCUT2D eigenvalue weighted by Gasteiger charge is 2.37. The molecule has 31 heavy (non-hydrogen) atoms. The molecule has 4 rings (SSSR count). The van der Waals surface area contributed by atoms with Crippen LogP contribution in [0, 0.1) is 5.92 Å². The van der Waals surface area contributed by atoms with Crippen molar-refractivity contribution in [2.75, 3.05) is 19.8 Å². The van der Waals surface area contributed by atoms with Crippen molar-refractivity contribution in [2.24, 2.45) is 11.8 Å². The number of nitrogens with zero attached hydrogens (tertiary/aromatic N) is 1. The van der Waals surface area contributed by atoms with E-state index in [1.807, 2.05) is 18.2 Å². The summed E-state index contributed by atoms with van der Waals surface area (Å²) in [6.45, 7) is 2.30. The SMILES string of the molecule is NN(CC1CCOCC1)C(=S)NC(c1ccccc1)(c1ccccc1)c1ccccc1. The van der Waals surface area contributed by atoms with Gasteiger partial charge in [0.05, 0.1) is 0 Å². The standard InChI is InChI=1S/C26H29N3OS/c27-29(20-21-16-18-30-19-17-21)25(31)28-26(22-10-4-1-5-11-22,23-12-6-2-7-13-23)24-14-8-3-9-15-24/h1-15,21H,16-20,27H2,(H,28,31). The van der Waals surface area contributed by atoms with Gasteiger partial charge in [-0.1, -0.05) is 91.0 Å². The Kier molecular flexibility index (Phi) is 6.97. The zero-order chi connectivity index (χ0) is 21.5. The first kappa shape index (κ1) is 21.5. The Morgan fingerprint density at radius 3 is 1.68 bits per heavy atom. The van der Waals surface area contributed by atoms with Crippen molar-refractivity contribution < 1.29 is 4.74 Å². The third-order valence-corrected chi connectivity index (χ3v) is 6.31. The Hall–Kier alpha value is -2.73. The predicted octanol–water partition coefficient (Wildman–Crippen LogP) is 4.46. The van der Waals surface area contributed by atoms with Crippen molar-refractivity contribution in [1.29, 1.82) is 0 Å². The molecule has 0 atom stereocenters. The second-order valence-electron chi connectivity index (χ2n) is 7.99. The van der Waals surface area contributed by atoms with E-state index in [1.54, 1.807) is 5.01 Å². The van der Waals surface area contributed by atoms with E-state index in [4.69, 9.17) is 22.8 Å². The molecule has 3 N–H and O–H groups in total. The van der Waals surface area contributed by atoms with Gasteiger partial charge in [0.15, 0.2) is 5.11 Å². The molecule has 1 saturated heterocycles. The van der Waals surface area contributed by atoms with Crippen LogP contribution in [0.2, 0.25) is 0 Å². The molecule has 1 aliphatic rings. The van der Waals surface area contributed by atoms with Gasteiger partial charge in [0.25, 0.3) is 0 Å². The molecule has 1 aliphatic heterocycles. The highest BCUT2D eigenvalue weighted by molar-refractivity contribution is 7.80. The largest absolute Gasteiger partial charge is 0.381 e. The van der Waals surface area contributed by atoms with Crippen LogP contribution in [0.3, 0.4) is 0 Å². The minimum atomic E-state index is -0.659. The molecule has 0 saturated carbocycles. The van der Waals surface area contributed by atoms with Gasteiger partial charge < -0.3 is 10.1 Å². The fraction of sp³-hybridized carbons (Fsp3) is 0.269. The van der Waals surface area contributed by atoms with Gasteiger partial charge in [0.1, 0.15) is 5.54 Å². The van der Waals surface area contributed by atoms with Crippen LogP contribution >= 0.6 is 12.2 Å². The second kappa shape index (κ2) is 10.1. The Labute approximate surface area is 190 Å². The van der Waals surface area contributed by atoms with Gasteiger partial charge in [-0.15, -0.1) is 0 Å². The molecule has 0 unspecified atom stereocenters. The number of benzene rings is 3. The van der Waals surface area contributed by atoms with E-state index in [2.05, 4.69) is 78.1 Å². The number of hydrazine groups is 1. The summed E-state index contributed by atoms with van der Waals surface area (Å²) in [5, 5.41) is 5.89. The van der Waals surface area contributed by atoms with Crippen LogP contribution in [0.4, 0.5) is 0 Å². The number of nitrogens with two attached hydrogens (primary N) is 1. The number of nitrogens with one attached hydrogen (secondary N) is 1. The first-order chi connectivity index (χ1) is 15.2. The molecular weight excluding hydrogens is 402 g/mol. The lowest BCUT2D eigenvalue weighted by molar-refractivity contribution is 0.0594. The van der Waals surface area contributed by atoms with Crippen LogP contribution in [0.25, 0.3) is 0 Å². The Morgan fingerprint density at radius 2 is 1.26 bits per heavy atom. The fourth-order valence-electron chi connectivity index (χ4n) is 4.30. The van der Waals surface area contributed by atoms with Gasteiger partial charge in [-0.2, -0.15) is 0 Å². The van der Waals surface area contributed by atoms with Crippen molar-refractivity contribution in [3.63, 3.8) is 0 Å². The highest BCUT2D eigenvalue weighted by Crippen LogP contribution is 2.37. The third-order valence-electron chi connectivity index (χ3n) is 5.97. The first-order valence-corrected chi connectivity index (χ1v) is 11.2. The maximum absolute atomic E-state index is 6.48. The summed E-state index contributed by atoms with van der Waals surface area (Å²) in [7, 11) is 0. The molecule has 3 aromatic rings. The van der Waals surface area contributed by atoms with E-state index in [1.165, 1.54) is 0 Å². The zero-order valence-corrected chi connectivity index (χ0v) is 18.4. The van der Waals surface area contributed by atoms with E-state index < -0.39 is 5.54 Å². The number of thiocarbonyl (C=S) groups is 1. The van der Waals surface area contributed by atoms with Crippen LogP contribution in [0.15, 0.2) is 91.0 Å². The van der Waals surface area contributed by atoms with Crippen molar-refractivity contribution in [3.05, 3.63) is 108 Å². The van der Waals surface area contributed by atoms with Gasteiger partial charge in [-0.25, -0.2) is 5.84 Å². The predicted molar refractivity (Wildman–Crippen MR) is 129 cm³/mol. The average molecular weight is 432 g/mol. The van der Waals surface area contributed by atoms with Gasteiger partial charge in [0, 0.05) is 19.8 Å². The van der Waals surface area contributed by atoms with Gasteiger partial charge in [-0.3, -0.25) is 5.01 Å². The van der Waals surface area contributed by atoms with E-state index >= 15 is 0 Å². The van der Waals surface area contributed by atoms with Gasteiger partial charge in [-0.05, 0) is 47.7 Å². The molecule has 5 heteroatoms. The fourth-order valence-corrected chi connectivity index (χ4v) is 4.53. The van der Waals surface area contributed by atoms with Crippen molar-refractivity contribution in [3.8, 4) is 0 Å². The van der Waals surface area contributed by atoms with Crippen molar-refractivity contribution in [1.82, 2.24) is 10.3 Å². The summed E-state index contributed by atoms with van der Waals surface area (Å²) >= 11 is 5.85. The molecule has 1 fully saturated rings. The molecule has 0 radical (unpaired) electrons. The molecule has 4 nitrogen and oxygen atoms in total. The van der Waals surface area contributed by atoms with Crippen LogP contribution in [-0.4, -0.2) is 29.9 Å². The zero-order valence-electron chi connectivity index (χ0n) is 17.6. The number of hydrogen-bond donors (Lipinski definition) is 2. The van der Waals surface area contributed by atoms with E-state index in [-0.39, 0.29) is 0 Å². The summed E-state index contributed by atoms with van der Waals surface area (Å²) in [5.74, 6) is 6.96. The normalized spacial score (nSPS) is 14.7. The Balaban J connectivity index is 1.74. The lowest BCUT2D eigenvalue weighted by atomic mass is 9.77. The van der Waals surface area contributed by atoms with E-state index in [9.17, 15) is 0 Å². The average Bonchev–Trinajstić information content (AvgIpc) is 2.84. The molecule has 1 heterocycles. The number of ether oxygens (including phenoxy) is 1. The topological polar surface area (TPSA) is 50.5 Å². The van der Waals surface area contributed by atoms with E-state index in [0.29, 0.717) is 17.6 Å². The molecule has 0 aromatic heterocycles.